The Hall–Kier alpha value is -1.05. The third-order valence-electron chi connectivity index (χ3n) is 1.21. The highest BCUT2D eigenvalue weighted by atomic mass is 32.2. The van der Waals surface area contributed by atoms with Crippen LogP contribution in [0, 0.1) is 0 Å². The van der Waals surface area contributed by atoms with E-state index in [0.717, 1.165) is 0 Å². The highest BCUT2D eigenvalue weighted by Crippen LogP contribution is 2.08. The van der Waals surface area contributed by atoms with Crippen LogP contribution in [0.3, 0.4) is 0 Å². The number of nitrogens with two attached hydrogens (primary N) is 2. The quantitative estimate of drug-likeness (QED) is 0.398. The number of rotatable bonds is 1. The predicted octanol–water partition coefficient (Wildman–Crippen LogP) is -1.02. The van der Waals surface area contributed by atoms with Crippen molar-refractivity contribution < 1.29 is 13.4 Å². The summed E-state index contributed by atoms with van der Waals surface area (Å²) in [5, 5.41) is 11.3. The molecule has 5 N–H and O–H groups in total. The lowest BCUT2D eigenvalue weighted by atomic mass is 10.3. The topological polar surface area (TPSA) is 106 Å². The molecule has 0 atom stereocenters. The van der Waals surface area contributed by atoms with Gasteiger partial charge < -0.3 is 10.8 Å². The zero-order valence-electron chi connectivity index (χ0n) is 6.71. The van der Waals surface area contributed by atoms with Crippen molar-refractivity contribution in [2.75, 3.05) is 5.73 Å². The summed E-state index contributed by atoms with van der Waals surface area (Å²) in [6.45, 7) is 0. The first kappa shape index (κ1) is 12.0. The molecule has 7 heteroatoms. The first-order chi connectivity index (χ1) is 6.00. The molecule has 5 nitrogen and oxygen atoms in total. The summed E-state index contributed by atoms with van der Waals surface area (Å²) in [6, 6.07) is 5.70. The third kappa shape index (κ3) is 3.93. The van der Waals surface area contributed by atoms with Gasteiger partial charge in [0.2, 0.25) is 10.0 Å². The number of nitrogen functional groups attached to an aromatic ring is 1. The lowest BCUT2D eigenvalue weighted by molar-refractivity contribution is 0.598. The normalized spacial score (nSPS) is 10.0. The lowest BCUT2D eigenvalue weighted by Gasteiger charge is -1.96. The molecule has 0 saturated carbocycles. The van der Waals surface area contributed by atoms with Gasteiger partial charge >= 0.3 is 0 Å². The molecule has 1 aromatic rings. The van der Waals surface area contributed by atoms with E-state index in [-0.39, 0.29) is 4.90 Å². The van der Waals surface area contributed by atoms with Crippen LogP contribution in [-0.2, 0) is 10.0 Å². The molecule has 0 aliphatic carbocycles. The van der Waals surface area contributed by atoms with Gasteiger partial charge in [0, 0.05) is 5.69 Å². The molecule has 1 aromatic carbocycles. The van der Waals surface area contributed by atoms with Crippen molar-refractivity contribution in [2.24, 2.45) is 5.14 Å². The molecule has 0 amide bonds. The van der Waals surface area contributed by atoms with Gasteiger partial charge in [0.1, 0.15) is 0 Å². The van der Waals surface area contributed by atoms with Crippen LogP contribution in [0.2, 0.25) is 0 Å². The number of sulfonamides is 1. The zero-order chi connectivity index (χ0) is 10.5. The molecule has 0 heterocycles. The summed E-state index contributed by atoms with van der Waals surface area (Å²) >= 11 is 0. The second-order valence-electron chi connectivity index (χ2n) is 2.11. The van der Waals surface area contributed by atoms with Crippen molar-refractivity contribution >= 4 is 23.8 Å². The van der Waals surface area contributed by atoms with Gasteiger partial charge in [-0.15, -0.1) is 0 Å². The van der Waals surface area contributed by atoms with E-state index in [9.17, 15) is 8.42 Å². The van der Waals surface area contributed by atoms with Gasteiger partial charge in [0.05, 0.1) is 4.90 Å². The third-order valence-corrected chi connectivity index (χ3v) is 2.14. The molecule has 0 unspecified atom stereocenters. The molecule has 0 aliphatic rings. The Labute approximate surface area is 77.9 Å². The van der Waals surface area contributed by atoms with Crippen LogP contribution >= 0.6 is 0 Å². The van der Waals surface area contributed by atoms with Crippen LogP contribution in [0.25, 0.3) is 0 Å². The van der Waals surface area contributed by atoms with Crippen LogP contribution in [0.1, 0.15) is 0 Å². The number of hydrogen-bond donors (Lipinski definition) is 3. The van der Waals surface area contributed by atoms with E-state index in [4.69, 9.17) is 15.9 Å². The molecule has 70 valence electrons. The van der Waals surface area contributed by atoms with Crippen molar-refractivity contribution in [2.45, 2.75) is 4.90 Å². The van der Waals surface area contributed by atoms with Gasteiger partial charge in [-0.2, -0.15) is 0 Å². The van der Waals surface area contributed by atoms with Crippen molar-refractivity contribution in [1.29, 1.82) is 0 Å². The minimum absolute atomic E-state index is 0.0756. The minimum Gasteiger partial charge on any atom is -0.461 e. The fourth-order valence-electron chi connectivity index (χ4n) is 0.658. The van der Waals surface area contributed by atoms with Gasteiger partial charge in [-0.3, -0.25) is 0 Å². The van der Waals surface area contributed by atoms with Gasteiger partial charge in [-0.05, 0) is 24.3 Å². The Kier molecular flexibility index (Phi) is 4.46. The van der Waals surface area contributed by atoms with E-state index in [1.54, 1.807) is 0 Å². The smallest absolute Gasteiger partial charge is 0.277 e. The zero-order valence-corrected chi connectivity index (χ0v) is 7.53. The Morgan fingerprint density at radius 1 is 1.15 bits per heavy atom. The molecule has 0 aromatic heterocycles. The van der Waals surface area contributed by atoms with Crippen molar-refractivity contribution in [3.63, 3.8) is 0 Å². The van der Waals surface area contributed by atoms with Crippen LogP contribution in [0.15, 0.2) is 29.2 Å². The van der Waals surface area contributed by atoms with E-state index < -0.39 is 10.0 Å². The van der Waals surface area contributed by atoms with Crippen molar-refractivity contribution in [1.82, 2.24) is 0 Å². The minimum atomic E-state index is -3.58. The standard InChI is InChI=1S/C6H8N2O2S.BHO/c7-5-1-3-6(4-2-5)11(8,9)10;1-2/h1-4H,7H2,(H2,8,9,10);2H. The summed E-state index contributed by atoms with van der Waals surface area (Å²) in [5.41, 5.74) is 5.85. The molecule has 0 bridgehead atoms. The molecule has 0 spiro atoms. The summed E-state index contributed by atoms with van der Waals surface area (Å²) in [4.78, 5) is 0.0756. The maximum Gasteiger partial charge on any atom is 0.277 e. The lowest BCUT2D eigenvalue weighted by Crippen LogP contribution is -2.11. The fourth-order valence-corrected chi connectivity index (χ4v) is 1.17. The number of benzene rings is 1. The average Bonchev–Trinajstić information content (AvgIpc) is 2.07. The first-order valence-electron chi connectivity index (χ1n) is 3.14. The molecule has 1 rings (SSSR count). The van der Waals surface area contributed by atoms with Crippen LogP contribution in [0.5, 0.6) is 0 Å². The maximum atomic E-state index is 10.7. The monoisotopic (exact) mass is 200 g/mol. The van der Waals surface area contributed by atoms with Gasteiger partial charge in [-0.25, -0.2) is 13.6 Å². The Morgan fingerprint density at radius 3 is 1.85 bits per heavy atom. The van der Waals surface area contributed by atoms with E-state index in [1.165, 1.54) is 24.3 Å². The van der Waals surface area contributed by atoms with Gasteiger partial charge in [-0.1, -0.05) is 0 Å². The number of hydrogen-bond acceptors (Lipinski definition) is 4. The van der Waals surface area contributed by atoms with E-state index in [2.05, 4.69) is 8.05 Å². The molecule has 2 radical (unpaired) electrons. The van der Waals surface area contributed by atoms with E-state index in [1.807, 2.05) is 0 Å². The Bertz CT molecular complexity index is 349. The molecule has 0 fully saturated rings. The van der Waals surface area contributed by atoms with Crippen LogP contribution in [0.4, 0.5) is 5.69 Å². The molecule has 0 aliphatic heterocycles. The molecular weight excluding hydrogens is 191 g/mol. The Morgan fingerprint density at radius 2 is 1.54 bits per heavy atom. The SMILES string of the molecule is Nc1ccc(S(N)(=O)=O)cc1.[B]O. The molecule has 0 saturated heterocycles. The summed E-state index contributed by atoms with van der Waals surface area (Å²) in [7, 11) is -0.0751. The maximum absolute atomic E-state index is 10.7. The van der Waals surface area contributed by atoms with Crippen molar-refractivity contribution in [3.05, 3.63) is 24.3 Å². The second kappa shape index (κ2) is 4.85. The highest BCUT2D eigenvalue weighted by Gasteiger charge is 2.04. The summed E-state index contributed by atoms with van der Waals surface area (Å²) < 4.78 is 21.4. The molecule has 13 heavy (non-hydrogen) atoms. The van der Waals surface area contributed by atoms with Crippen LogP contribution in [-0.4, -0.2) is 21.5 Å². The summed E-state index contributed by atoms with van der Waals surface area (Å²) in [6.07, 6.45) is 0. The van der Waals surface area contributed by atoms with Gasteiger partial charge in [0.25, 0.3) is 8.05 Å². The fraction of sp³-hybridized carbons (Fsp3) is 0. The van der Waals surface area contributed by atoms with Crippen LogP contribution < -0.4 is 10.9 Å². The van der Waals surface area contributed by atoms with Gasteiger partial charge in [0.15, 0.2) is 0 Å². The van der Waals surface area contributed by atoms with E-state index >= 15 is 0 Å². The average molecular weight is 200 g/mol. The number of anilines is 1. The van der Waals surface area contributed by atoms with Crippen molar-refractivity contribution in [3.8, 4) is 0 Å². The largest absolute Gasteiger partial charge is 0.461 e. The molecular formula is C6H9BN2O3S. The number of primary sulfonamides is 1. The Balaban J connectivity index is 0.000000671. The predicted molar refractivity (Wildman–Crippen MR) is 50.2 cm³/mol. The summed E-state index contributed by atoms with van der Waals surface area (Å²) in [5.74, 6) is 0. The highest BCUT2D eigenvalue weighted by molar-refractivity contribution is 7.89. The first-order valence-corrected chi connectivity index (χ1v) is 4.69. The van der Waals surface area contributed by atoms with E-state index in [0.29, 0.717) is 5.69 Å². The second-order valence-corrected chi connectivity index (χ2v) is 3.68.